The SMILES string of the molecule is CCCCCCc1cc2c(cc1CCCCCC)=C=C=C=C=c1cc(CCCCCC)c(CCCCCC)cc1=C=C=C=C=2. The number of hydrogen-bond donors (Lipinski definition) is 0. The fourth-order valence-corrected chi connectivity index (χ4v) is 6.09. The predicted molar refractivity (Wildman–Crippen MR) is 190 cm³/mol. The lowest BCUT2D eigenvalue weighted by Gasteiger charge is -2.10. The molecular weight excluding hydrogens is 528 g/mol. The number of aryl methyl sites for hydroxylation is 4. The molecule has 2 aromatic rings. The van der Waals surface area contributed by atoms with Crippen LogP contribution in [0.15, 0.2) is 47.2 Å². The van der Waals surface area contributed by atoms with Gasteiger partial charge in [-0.3, -0.25) is 0 Å². The van der Waals surface area contributed by atoms with E-state index in [0.29, 0.717) is 0 Å². The highest BCUT2D eigenvalue weighted by atomic mass is 14.1. The summed E-state index contributed by atoms with van der Waals surface area (Å²) in [4.78, 5) is 0. The van der Waals surface area contributed by atoms with E-state index in [2.05, 4.69) is 97.8 Å². The molecule has 3 rings (SSSR count). The van der Waals surface area contributed by atoms with Crippen LogP contribution >= 0.6 is 0 Å². The molecule has 1 aliphatic carbocycles. The average Bonchev–Trinajstić information content (AvgIpc) is 3.03. The van der Waals surface area contributed by atoms with Gasteiger partial charge < -0.3 is 0 Å². The number of hydrogen-bond acceptors (Lipinski definition) is 0. The third-order valence-electron chi connectivity index (χ3n) is 8.79. The monoisotopic (exact) mass is 584 g/mol. The van der Waals surface area contributed by atoms with Crippen molar-refractivity contribution in [3.63, 3.8) is 0 Å². The van der Waals surface area contributed by atoms with Crippen LogP contribution in [0.4, 0.5) is 0 Å². The predicted octanol–water partition coefficient (Wildman–Crippen LogP) is 9.14. The first-order chi connectivity index (χ1) is 21.7. The second kappa shape index (κ2) is 21.4. The van der Waals surface area contributed by atoms with Crippen molar-refractivity contribution in [3.05, 3.63) is 90.3 Å². The number of unbranched alkanes of at least 4 members (excludes halogenated alkanes) is 12. The van der Waals surface area contributed by atoms with Gasteiger partial charge in [0.2, 0.25) is 0 Å². The van der Waals surface area contributed by atoms with Gasteiger partial charge in [0.25, 0.3) is 0 Å². The van der Waals surface area contributed by atoms with Gasteiger partial charge in [0, 0.05) is 20.9 Å². The third-order valence-corrected chi connectivity index (χ3v) is 8.79. The Bertz CT molecular complexity index is 1430. The minimum Gasteiger partial charge on any atom is -0.0654 e. The Hall–Kier alpha value is -3.32. The molecule has 0 fully saturated rings. The van der Waals surface area contributed by atoms with E-state index < -0.39 is 0 Å². The highest BCUT2D eigenvalue weighted by Crippen LogP contribution is 2.16. The van der Waals surface area contributed by atoms with E-state index >= 15 is 0 Å². The molecule has 1 aliphatic rings. The van der Waals surface area contributed by atoms with E-state index in [4.69, 9.17) is 0 Å². The molecule has 0 nitrogen and oxygen atoms in total. The van der Waals surface area contributed by atoms with Crippen LogP contribution in [0.3, 0.4) is 0 Å². The van der Waals surface area contributed by atoms with Crippen LogP contribution in [-0.4, -0.2) is 0 Å². The zero-order chi connectivity index (χ0) is 31.2. The summed E-state index contributed by atoms with van der Waals surface area (Å²) in [6, 6.07) is 9.25. The van der Waals surface area contributed by atoms with Gasteiger partial charge in [-0.25, -0.2) is 0 Å². The zero-order valence-corrected chi connectivity index (χ0v) is 28.5. The summed E-state index contributed by atoms with van der Waals surface area (Å²) in [5, 5.41) is 3.99. The molecule has 0 spiro atoms. The summed E-state index contributed by atoms with van der Waals surface area (Å²) < 4.78 is 0. The summed E-state index contributed by atoms with van der Waals surface area (Å²) in [7, 11) is 0. The van der Waals surface area contributed by atoms with E-state index in [-0.39, 0.29) is 0 Å². The molecule has 0 unspecified atom stereocenters. The lowest BCUT2D eigenvalue weighted by molar-refractivity contribution is 0.650. The van der Waals surface area contributed by atoms with Crippen molar-refractivity contribution in [3.8, 4) is 0 Å². The van der Waals surface area contributed by atoms with Gasteiger partial charge in [-0.05, 0) is 121 Å². The summed E-state index contributed by atoms with van der Waals surface area (Å²) in [5.41, 5.74) is 32.2. The second-order valence-electron chi connectivity index (χ2n) is 12.6. The Morgan fingerprint density at radius 2 is 0.545 bits per heavy atom. The first-order valence-electron chi connectivity index (χ1n) is 18.1. The fourth-order valence-electron chi connectivity index (χ4n) is 6.09. The first-order valence-corrected chi connectivity index (χ1v) is 18.1. The maximum Gasteiger partial charge on any atom is 0.0415 e. The lowest BCUT2D eigenvalue weighted by Crippen LogP contribution is -2.25. The normalized spacial score (nSPS) is 11.2. The molecular formula is C44H56. The van der Waals surface area contributed by atoms with Crippen molar-refractivity contribution in [2.24, 2.45) is 0 Å². The van der Waals surface area contributed by atoms with Gasteiger partial charge in [0.05, 0.1) is 0 Å². The van der Waals surface area contributed by atoms with Crippen LogP contribution in [0.1, 0.15) is 153 Å². The molecule has 0 N–H and O–H groups in total. The Labute approximate surface area is 268 Å². The molecule has 0 saturated heterocycles. The van der Waals surface area contributed by atoms with E-state index in [1.165, 1.54) is 125 Å². The molecule has 0 bridgehead atoms. The number of benzene rings is 2. The summed E-state index contributed by atoms with van der Waals surface area (Å²) >= 11 is 0. The van der Waals surface area contributed by atoms with Crippen LogP contribution in [0.2, 0.25) is 0 Å². The van der Waals surface area contributed by atoms with Gasteiger partial charge >= 0.3 is 0 Å². The van der Waals surface area contributed by atoms with Crippen LogP contribution in [0.25, 0.3) is 22.9 Å². The Morgan fingerprint density at radius 1 is 0.318 bits per heavy atom. The smallest absolute Gasteiger partial charge is 0.0415 e. The van der Waals surface area contributed by atoms with Crippen LogP contribution in [0, 0.1) is 0 Å². The molecule has 2 aromatic carbocycles. The second-order valence-corrected chi connectivity index (χ2v) is 12.6. The molecule has 0 aromatic heterocycles. The summed E-state index contributed by atoms with van der Waals surface area (Å²) in [5.74, 6) is 0. The molecule has 232 valence electrons. The summed E-state index contributed by atoms with van der Waals surface area (Å²) in [6.07, 6.45) is 24.8. The van der Waals surface area contributed by atoms with Crippen molar-refractivity contribution in [2.75, 3.05) is 0 Å². The highest BCUT2D eigenvalue weighted by molar-refractivity contribution is 5.40. The first kappa shape index (κ1) is 35.2. The van der Waals surface area contributed by atoms with Crippen molar-refractivity contribution >= 4 is 22.9 Å². The summed E-state index contributed by atoms with van der Waals surface area (Å²) in [6.45, 7) is 9.11. The molecule has 0 radical (unpaired) electrons. The Kier molecular flexibility index (Phi) is 17.1. The topological polar surface area (TPSA) is 0 Å². The molecule has 44 heavy (non-hydrogen) atoms. The maximum absolute atomic E-state index is 3.40. The van der Waals surface area contributed by atoms with Crippen LogP contribution in [-0.2, 0) is 25.7 Å². The Morgan fingerprint density at radius 3 is 0.750 bits per heavy atom. The van der Waals surface area contributed by atoms with Crippen LogP contribution < -0.4 is 20.9 Å². The van der Waals surface area contributed by atoms with Crippen LogP contribution in [0.5, 0.6) is 0 Å². The highest BCUT2D eigenvalue weighted by Gasteiger charge is 2.06. The fraction of sp³-hybridized carbons (Fsp3) is 0.545. The van der Waals surface area contributed by atoms with E-state index in [1.54, 1.807) is 0 Å². The molecule has 0 heterocycles. The quantitative estimate of drug-likeness (QED) is 0.0918. The lowest BCUT2D eigenvalue weighted by atomic mass is 9.95. The minimum atomic E-state index is 0.997. The molecule has 0 heteroatoms. The van der Waals surface area contributed by atoms with Crippen molar-refractivity contribution < 1.29 is 0 Å². The van der Waals surface area contributed by atoms with Crippen molar-refractivity contribution in [1.82, 2.24) is 0 Å². The van der Waals surface area contributed by atoms with E-state index in [1.807, 2.05) is 0 Å². The standard InChI is InChI=1S/C44H56/c1-5-9-13-17-25-37-33-41-29-21-22-31-43-35-39(27-19-15-11-7-3)40(28-20-16-12-8-4)36-44(43)32-24-23-30-42(41)34-38(37)26-18-14-10-6-2/h33-36H,5-20,25-28H2,1-4H3. The molecule has 0 aliphatic heterocycles. The molecule has 0 saturated carbocycles. The molecule has 0 amide bonds. The zero-order valence-electron chi connectivity index (χ0n) is 28.5. The number of fused-ring (bicyclic) bond motifs is 2. The largest absolute Gasteiger partial charge is 0.0654 e. The Balaban J connectivity index is 2.18. The third kappa shape index (κ3) is 12.4. The van der Waals surface area contributed by atoms with Crippen molar-refractivity contribution in [1.29, 1.82) is 0 Å². The van der Waals surface area contributed by atoms with E-state index in [9.17, 15) is 0 Å². The van der Waals surface area contributed by atoms with Gasteiger partial charge in [-0.15, -0.1) is 0 Å². The van der Waals surface area contributed by atoms with Gasteiger partial charge in [0.1, 0.15) is 0 Å². The van der Waals surface area contributed by atoms with Gasteiger partial charge in [-0.2, -0.15) is 0 Å². The number of rotatable bonds is 20. The van der Waals surface area contributed by atoms with Gasteiger partial charge in [0.15, 0.2) is 0 Å². The van der Waals surface area contributed by atoms with E-state index in [0.717, 1.165) is 46.6 Å². The minimum absolute atomic E-state index is 0.997. The van der Waals surface area contributed by atoms with Gasteiger partial charge in [-0.1, -0.05) is 128 Å². The maximum atomic E-state index is 3.40. The average molecular weight is 585 g/mol. The van der Waals surface area contributed by atoms with Crippen molar-refractivity contribution in [2.45, 2.75) is 156 Å². The molecule has 0 atom stereocenters.